The number of anilines is 1. The van der Waals surface area contributed by atoms with Crippen LogP contribution in [0.5, 0.6) is 0 Å². The lowest BCUT2D eigenvalue weighted by atomic mass is 10.2. The van der Waals surface area contributed by atoms with E-state index in [-0.39, 0.29) is 10.9 Å². The lowest BCUT2D eigenvalue weighted by Crippen LogP contribution is -2.46. The topological polar surface area (TPSA) is 80.7 Å². The Hall–Kier alpha value is -1.60. The highest BCUT2D eigenvalue weighted by Gasteiger charge is 2.27. The van der Waals surface area contributed by atoms with Crippen LogP contribution in [0.3, 0.4) is 0 Å². The van der Waals surface area contributed by atoms with E-state index in [0.717, 1.165) is 44.9 Å². The van der Waals surface area contributed by atoms with Crippen LogP contribution < -0.4 is 10.0 Å². The summed E-state index contributed by atoms with van der Waals surface area (Å²) >= 11 is 0. The molecule has 6 nitrogen and oxygen atoms in total. The normalized spacial score (nSPS) is 20.2. The van der Waals surface area contributed by atoms with Crippen molar-refractivity contribution in [2.24, 2.45) is 0 Å². The molecule has 2 fully saturated rings. The summed E-state index contributed by atoms with van der Waals surface area (Å²) in [6.07, 6.45) is 5.27. The molecule has 0 bridgehead atoms. The molecule has 1 saturated heterocycles. The Balaban J connectivity index is 1.82. The van der Waals surface area contributed by atoms with Crippen LogP contribution in [0.4, 0.5) is 10.5 Å². The number of benzene rings is 1. The van der Waals surface area contributed by atoms with Crippen molar-refractivity contribution in [2.75, 3.05) is 18.0 Å². The lowest BCUT2D eigenvalue weighted by Gasteiger charge is -2.31. The number of carbonyl (C=O) groups excluding carboxylic acids is 1. The van der Waals surface area contributed by atoms with E-state index >= 15 is 0 Å². The molecule has 1 saturated carbocycles. The fourth-order valence-corrected chi connectivity index (χ4v) is 5.18. The van der Waals surface area contributed by atoms with Gasteiger partial charge in [0, 0.05) is 24.8 Å². The molecule has 1 heterocycles. The van der Waals surface area contributed by atoms with Crippen LogP contribution in [0, 0.1) is 0 Å². The van der Waals surface area contributed by atoms with E-state index in [9.17, 15) is 18.3 Å². The minimum Gasteiger partial charge on any atom is -0.530 e. The summed E-state index contributed by atoms with van der Waals surface area (Å²) < 4.78 is 26.8. The van der Waals surface area contributed by atoms with Crippen molar-refractivity contribution in [1.29, 1.82) is 0 Å². The van der Waals surface area contributed by atoms with E-state index in [2.05, 4.69) is 0 Å². The Morgan fingerprint density at radius 1 is 1.00 bits per heavy atom. The minimum absolute atomic E-state index is 0.0699. The molecule has 3 rings (SSSR count). The molecular weight excluding hydrogens is 328 g/mol. The second kappa shape index (κ2) is 7.11. The largest absolute Gasteiger partial charge is 0.530 e. The van der Waals surface area contributed by atoms with Crippen molar-refractivity contribution < 1.29 is 18.3 Å². The molecule has 1 aliphatic carbocycles. The number of carboxylic acid groups (broad SMARTS) is 1. The predicted molar refractivity (Wildman–Crippen MR) is 89.2 cm³/mol. The molecule has 7 heteroatoms. The van der Waals surface area contributed by atoms with Crippen molar-refractivity contribution in [3.8, 4) is 0 Å². The Morgan fingerprint density at radius 3 is 2.12 bits per heavy atom. The molecular formula is C17H23N2O4S-. The summed E-state index contributed by atoms with van der Waals surface area (Å²) in [5.74, 6) is 0. The van der Waals surface area contributed by atoms with Crippen molar-refractivity contribution in [3.63, 3.8) is 0 Å². The summed E-state index contributed by atoms with van der Waals surface area (Å²) in [7, 11) is -3.49. The molecule has 1 aromatic carbocycles. The highest BCUT2D eigenvalue weighted by Crippen LogP contribution is 2.29. The molecule has 0 aromatic heterocycles. The van der Waals surface area contributed by atoms with Gasteiger partial charge in [0.05, 0.1) is 4.90 Å². The molecule has 1 amide bonds. The van der Waals surface area contributed by atoms with Gasteiger partial charge in [-0.15, -0.1) is 0 Å². The summed E-state index contributed by atoms with van der Waals surface area (Å²) in [6, 6.07) is 6.09. The van der Waals surface area contributed by atoms with Crippen molar-refractivity contribution in [3.05, 3.63) is 24.3 Å². The minimum atomic E-state index is -3.49. The van der Waals surface area contributed by atoms with Gasteiger partial charge in [0.1, 0.15) is 6.09 Å². The number of sulfonamides is 1. The van der Waals surface area contributed by atoms with Gasteiger partial charge >= 0.3 is 0 Å². The van der Waals surface area contributed by atoms with Crippen LogP contribution in [0.2, 0.25) is 0 Å². The van der Waals surface area contributed by atoms with E-state index in [1.165, 1.54) is 21.3 Å². The first-order chi connectivity index (χ1) is 11.5. The van der Waals surface area contributed by atoms with Gasteiger partial charge in [-0.05, 0) is 49.9 Å². The highest BCUT2D eigenvalue weighted by molar-refractivity contribution is 7.89. The number of hydrogen-bond acceptors (Lipinski definition) is 4. The molecule has 2 aliphatic rings. The van der Waals surface area contributed by atoms with Gasteiger partial charge in [-0.3, -0.25) is 0 Å². The molecule has 24 heavy (non-hydrogen) atoms. The quantitative estimate of drug-likeness (QED) is 0.830. The van der Waals surface area contributed by atoms with Gasteiger partial charge in [0.25, 0.3) is 0 Å². The molecule has 0 radical (unpaired) electrons. The molecule has 1 aromatic rings. The maximum absolute atomic E-state index is 12.6. The Labute approximate surface area is 143 Å². The van der Waals surface area contributed by atoms with Crippen LogP contribution in [-0.2, 0) is 10.0 Å². The fourth-order valence-electron chi connectivity index (χ4n) is 3.66. The standard InChI is InChI=1S/C17H24N2O4S/c20-17(21)19(14-6-2-3-7-14)15-8-10-16(11-9-15)24(22,23)18-12-4-1-5-13-18/h8-11,14H,1-7,12-13H2,(H,20,21)/p-1. The molecule has 1 aliphatic heterocycles. The van der Waals surface area contributed by atoms with Crippen LogP contribution in [-0.4, -0.2) is 37.9 Å². The highest BCUT2D eigenvalue weighted by atomic mass is 32.2. The maximum Gasteiger partial charge on any atom is 0.243 e. The van der Waals surface area contributed by atoms with Gasteiger partial charge in [0.15, 0.2) is 0 Å². The zero-order valence-electron chi connectivity index (χ0n) is 13.7. The smallest absolute Gasteiger partial charge is 0.243 e. The number of piperidine rings is 1. The molecule has 0 unspecified atom stereocenters. The van der Waals surface area contributed by atoms with Crippen molar-refractivity contribution in [2.45, 2.75) is 55.9 Å². The molecule has 132 valence electrons. The second-order valence-corrected chi connectivity index (χ2v) is 8.47. The third-order valence-electron chi connectivity index (χ3n) is 4.95. The van der Waals surface area contributed by atoms with Crippen LogP contribution >= 0.6 is 0 Å². The summed E-state index contributed by atoms with van der Waals surface area (Å²) in [5.41, 5.74) is 0.486. The summed E-state index contributed by atoms with van der Waals surface area (Å²) in [6.45, 7) is 1.11. The summed E-state index contributed by atoms with van der Waals surface area (Å²) in [5, 5.41) is 11.5. The number of hydrogen-bond donors (Lipinski definition) is 0. The van der Waals surface area contributed by atoms with Gasteiger partial charge in [-0.25, -0.2) is 8.42 Å². The van der Waals surface area contributed by atoms with E-state index in [1.54, 1.807) is 12.1 Å². The van der Waals surface area contributed by atoms with E-state index in [4.69, 9.17) is 0 Å². The van der Waals surface area contributed by atoms with Gasteiger partial charge < -0.3 is 14.8 Å². The summed E-state index contributed by atoms with van der Waals surface area (Å²) in [4.78, 5) is 13.0. The van der Waals surface area contributed by atoms with Crippen LogP contribution in [0.25, 0.3) is 0 Å². The zero-order chi connectivity index (χ0) is 17.2. The van der Waals surface area contributed by atoms with E-state index in [0.29, 0.717) is 18.8 Å². The van der Waals surface area contributed by atoms with Gasteiger partial charge in [-0.1, -0.05) is 19.3 Å². The first kappa shape index (κ1) is 17.2. The average molecular weight is 351 g/mol. The van der Waals surface area contributed by atoms with E-state index < -0.39 is 16.1 Å². The maximum atomic E-state index is 12.6. The first-order valence-electron chi connectivity index (χ1n) is 8.60. The van der Waals surface area contributed by atoms with Gasteiger partial charge in [0.2, 0.25) is 10.0 Å². The van der Waals surface area contributed by atoms with Gasteiger partial charge in [-0.2, -0.15) is 4.31 Å². The fraction of sp³-hybridized carbons (Fsp3) is 0.588. The predicted octanol–water partition coefficient (Wildman–Crippen LogP) is 1.95. The van der Waals surface area contributed by atoms with Crippen LogP contribution in [0.1, 0.15) is 44.9 Å². The number of rotatable bonds is 4. The molecule has 0 N–H and O–H groups in total. The Kier molecular flexibility index (Phi) is 5.10. The van der Waals surface area contributed by atoms with Crippen molar-refractivity contribution in [1.82, 2.24) is 4.31 Å². The lowest BCUT2D eigenvalue weighted by molar-refractivity contribution is -0.247. The third kappa shape index (κ3) is 3.42. The number of carbonyl (C=O) groups is 1. The zero-order valence-corrected chi connectivity index (χ0v) is 14.5. The monoisotopic (exact) mass is 351 g/mol. The SMILES string of the molecule is O=C([O-])N(c1ccc(S(=O)(=O)N2CCCCC2)cc1)C1CCCC1. The number of amides is 1. The number of nitrogens with zero attached hydrogens (tertiary/aromatic N) is 2. The Morgan fingerprint density at radius 2 is 1.58 bits per heavy atom. The average Bonchev–Trinajstić information content (AvgIpc) is 3.10. The van der Waals surface area contributed by atoms with Crippen LogP contribution in [0.15, 0.2) is 29.2 Å². The second-order valence-electron chi connectivity index (χ2n) is 6.53. The van der Waals surface area contributed by atoms with E-state index in [1.807, 2.05) is 0 Å². The first-order valence-corrected chi connectivity index (χ1v) is 10.0. The molecule has 0 atom stereocenters. The molecule has 0 spiro atoms. The Bertz CT molecular complexity index is 675. The third-order valence-corrected chi connectivity index (χ3v) is 6.87. The van der Waals surface area contributed by atoms with Crippen molar-refractivity contribution >= 4 is 21.8 Å².